The number of aromatic nitrogens is 2. The van der Waals surface area contributed by atoms with E-state index in [1.54, 1.807) is 30.4 Å². The number of pyridine rings is 1. The van der Waals surface area contributed by atoms with Crippen molar-refractivity contribution in [2.45, 2.75) is 20.0 Å². The summed E-state index contributed by atoms with van der Waals surface area (Å²) in [6.45, 7) is 2.71. The minimum atomic E-state index is -0.155. The molecule has 2 aromatic heterocycles. The Morgan fingerprint density at radius 1 is 1.42 bits per heavy atom. The third-order valence-corrected chi connectivity index (χ3v) is 2.61. The first-order valence-electron chi connectivity index (χ1n) is 5.95. The first-order valence-corrected chi connectivity index (χ1v) is 5.95. The molecule has 2 rings (SSSR count). The Balaban J connectivity index is 1.82. The summed E-state index contributed by atoms with van der Waals surface area (Å²) in [4.78, 5) is 17.4. The first-order chi connectivity index (χ1) is 9.15. The Kier molecular flexibility index (Phi) is 4.12. The van der Waals surface area contributed by atoms with E-state index >= 15 is 0 Å². The minimum absolute atomic E-state index is 0.155. The van der Waals surface area contributed by atoms with Crippen molar-refractivity contribution in [3.63, 3.8) is 0 Å². The van der Waals surface area contributed by atoms with Crippen LogP contribution in [0.2, 0.25) is 0 Å². The van der Waals surface area contributed by atoms with Crippen LogP contribution < -0.4 is 5.32 Å². The minimum Gasteiger partial charge on any atom is -0.361 e. The van der Waals surface area contributed by atoms with Crippen molar-refractivity contribution in [3.05, 3.63) is 47.6 Å². The number of hydrogen-bond donors (Lipinski definition) is 1. The zero-order chi connectivity index (χ0) is 13.7. The van der Waals surface area contributed by atoms with Gasteiger partial charge in [-0.2, -0.15) is 0 Å². The van der Waals surface area contributed by atoms with Crippen LogP contribution in [0.1, 0.15) is 17.0 Å². The van der Waals surface area contributed by atoms with E-state index in [0.717, 1.165) is 11.3 Å². The zero-order valence-corrected chi connectivity index (χ0v) is 11.0. The number of aryl methyl sites for hydroxylation is 1. The van der Waals surface area contributed by atoms with Crippen molar-refractivity contribution < 1.29 is 9.32 Å². The molecule has 0 unspecified atom stereocenters. The van der Waals surface area contributed by atoms with Crippen LogP contribution in [0.15, 0.2) is 35.1 Å². The summed E-state index contributed by atoms with van der Waals surface area (Å²) >= 11 is 0. The van der Waals surface area contributed by atoms with Crippen molar-refractivity contribution in [2.75, 3.05) is 7.05 Å². The molecule has 0 atom stereocenters. The van der Waals surface area contributed by atoms with Crippen LogP contribution in [-0.4, -0.2) is 28.1 Å². The molecule has 0 radical (unpaired) electrons. The summed E-state index contributed by atoms with van der Waals surface area (Å²) in [5, 5.41) is 6.60. The molecule has 1 N–H and O–H groups in total. The highest BCUT2D eigenvalue weighted by Crippen LogP contribution is 2.03. The lowest BCUT2D eigenvalue weighted by Crippen LogP contribution is -2.36. The quantitative estimate of drug-likeness (QED) is 0.908. The van der Waals surface area contributed by atoms with Crippen LogP contribution in [-0.2, 0) is 13.1 Å². The van der Waals surface area contributed by atoms with E-state index < -0.39 is 0 Å². The van der Waals surface area contributed by atoms with E-state index in [1.165, 1.54) is 0 Å². The maximum atomic E-state index is 11.9. The summed E-state index contributed by atoms with van der Waals surface area (Å²) in [6.07, 6.45) is 3.42. The Hall–Kier alpha value is -2.37. The standard InChI is InChI=1S/C13H16N4O2/c1-10-7-12(16-19-10)8-15-13(18)17(2)9-11-3-5-14-6-4-11/h3-7H,8-9H2,1-2H3,(H,15,18). The molecule has 0 aromatic carbocycles. The molecule has 0 saturated heterocycles. The van der Waals surface area contributed by atoms with Gasteiger partial charge in [-0.3, -0.25) is 4.98 Å². The molecule has 0 aliphatic carbocycles. The second kappa shape index (κ2) is 5.99. The Bertz CT molecular complexity index is 539. The Morgan fingerprint density at radius 3 is 2.79 bits per heavy atom. The maximum Gasteiger partial charge on any atom is 0.317 e. The van der Waals surface area contributed by atoms with Gasteiger partial charge in [-0.15, -0.1) is 0 Å². The number of nitrogens with one attached hydrogen (secondary N) is 1. The second-order valence-corrected chi connectivity index (χ2v) is 4.30. The van der Waals surface area contributed by atoms with Crippen molar-refractivity contribution in [3.8, 4) is 0 Å². The molecule has 0 spiro atoms. The van der Waals surface area contributed by atoms with E-state index in [-0.39, 0.29) is 6.03 Å². The Morgan fingerprint density at radius 2 is 2.16 bits per heavy atom. The van der Waals surface area contributed by atoms with Crippen LogP contribution in [0.4, 0.5) is 4.79 Å². The van der Waals surface area contributed by atoms with E-state index in [0.29, 0.717) is 18.8 Å². The summed E-state index contributed by atoms with van der Waals surface area (Å²) in [5.74, 6) is 0.731. The van der Waals surface area contributed by atoms with Gasteiger partial charge in [0, 0.05) is 32.1 Å². The Labute approximate surface area is 111 Å². The fourth-order valence-corrected chi connectivity index (χ4v) is 1.64. The number of carbonyl (C=O) groups is 1. The summed E-state index contributed by atoms with van der Waals surface area (Å²) in [6, 6.07) is 5.40. The van der Waals surface area contributed by atoms with Gasteiger partial charge >= 0.3 is 6.03 Å². The van der Waals surface area contributed by atoms with Gasteiger partial charge < -0.3 is 14.7 Å². The maximum absolute atomic E-state index is 11.9. The molecule has 0 bridgehead atoms. The van der Waals surface area contributed by atoms with Gasteiger partial charge in [-0.1, -0.05) is 5.16 Å². The van der Waals surface area contributed by atoms with Gasteiger partial charge in [0.15, 0.2) is 0 Å². The molecule has 2 amide bonds. The molecule has 0 aliphatic heterocycles. The topological polar surface area (TPSA) is 71.3 Å². The lowest BCUT2D eigenvalue weighted by molar-refractivity contribution is 0.206. The molecule has 2 aromatic rings. The largest absolute Gasteiger partial charge is 0.361 e. The highest BCUT2D eigenvalue weighted by molar-refractivity contribution is 5.73. The number of carbonyl (C=O) groups excluding carboxylic acids is 1. The predicted molar refractivity (Wildman–Crippen MR) is 69.2 cm³/mol. The lowest BCUT2D eigenvalue weighted by atomic mass is 10.2. The SMILES string of the molecule is Cc1cc(CNC(=O)N(C)Cc2ccncc2)no1. The van der Waals surface area contributed by atoms with Crippen LogP contribution in [0.25, 0.3) is 0 Å². The smallest absolute Gasteiger partial charge is 0.317 e. The molecule has 0 saturated carbocycles. The van der Waals surface area contributed by atoms with Crippen molar-refractivity contribution in [1.29, 1.82) is 0 Å². The molecular formula is C13H16N4O2. The van der Waals surface area contributed by atoms with E-state index in [1.807, 2.05) is 19.1 Å². The van der Waals surface area contributed by atoms with Crippen molar-refractivity contribution in [2.24, 2.45) is 0 Å². The normalized spacial score (nSPS) is 10.2. The van der Waals surface area contributed by atoms with Crippen LogP contribution in [0.3, 0.4) is 0 Å². The van der Waals surface area contributed by atoms with E-state index in [4.69, 9.17) is 4.52 Å². The van der Waals surface area contributed by atoms with Crippen molar-refractivity contribution in [1.82, 2.24) is 20.4 Å². The fourth-order valence-electron chi connectivity index (χ4n) is 1.64. The number of hydrogen-bond acceptors (Lipinski definition) is 4. The second-order valence-electron chi connectivity index (χ2n) is 4.30. The lowest BCUT2D eigenvalue weighted by Gasteiger charge is -2.17. The predicted octanol–water partition coefficient (Wildman–Crippen LogP) is 1.72. The zero-order valence-electron chi connectivity index (χ0n) is 11.0. The van der Waals surface area contributed by atoms with Gasteiger partial charge in [-0.25, -0.2) is 4.79 Å². The molecule has 0 fully saturated rings. The molecule has 2 heterocycles. The molecule has 6 heteroatoms. The van der Waals surface area contributed by atoms with Crippen molar-refractivity contribution >= 4 is 6.03 Å². The number of urea groups is 1. The van der Waals surface area contributed by atoms with Crippen LogP contribution in [0, 0.1) is 6.92 Å². The monoisotopic (exact) mass is 260 g/mol. The van der Waals surface area contributed by atoms with Gasteiger partial charge in [0.05, 0.1) is 6.54 Å². The third-order valence-electron chi connectivity index (χ3n) is 2.61. The van der Waals surface area contributed by atoms with E-state index in [2.05, 4.69) is 15.5 Å². The van der Waals surface area contributed by atoms with Crippen LogP contribution in [0.5, 0.6) is 0 Å². The van der Waals surface area contributed by atoms with Gasteiger partial charge in [-0.05, 0) is 24.6 Å². The average Bonchev–Trinajstić information content (AvgIpc) is 2.83. The summed E-state index contributed by atoms with van der Waals surface area (Å²) < 4.78 is 4.93. The van der Waals surface area contributed by atoms with E-state index in [9.17, 15) is 4.79 Å². The molecule has 19 heavy (non-hydrogen) atoms. The van der Waals surface area contributed by atoms with Crippen LogP contribution >= 0.6 is 0 Å². The molecule has 6 nitrogen and oxygen atoms in total. The third kappa shape index (κ3) is 3.80. The molecule has 0 aliphatic rings. The van der Waals surface area contributed by atoms with Gasteiger partial charge in [0.25, 0.3) is 0 Å². The molecular weight excluding hydrogens is 244 g/mol. The fraction of sp³-hybridized carbons (Fsp3) is 0.308. The highest BCUT2D eigenvalue weighted by atomic mass is 16.5. The first kappa shape index (κ1) is 13.1. The van der Waals surface area contributed by atoms with Gasteiger partial charge in [0.2, 0.25) is 0 Å². The number of amides is 2. The van der Waals surface area contributed by atoms with Gasteiger partial charge in [0.1, 0.15) is 11.5 Å². The average molecular weight is 260 g/mol. The molecule has 100 valence electrons. The number of nitrogens with zero attached hydrogens (tertiary/aromatic N) is 3. The summed E-state index contributed by atoms with van der Waals surface area (Å²) in [7, 11) is 1.74. The summed E-state index contributed by atoms with van der Waals surface area (Å²) in [5.41, 5.74) is 1.74. The highest BCUT2D eigenvalue weighted by Gasteiger charge is 2.09. The number of rotatable bonds is 4.